The number of Topliss-reactive ketones (excluding diaryl/α,β-unsaturated/α-hetero) is 1. The van der Waals surface area contributed by atoms with Crippen LogP contribution in [0, 0.1) is 51.2 Å². The molecule has 0 aromatic carbocycles. The van der Waals surface area contributed by atoms with Gasteiger partial charge in [0.2, 0.25) is 0 Å². The van der Waals surface area contributed by atoms with Gasteiger partial charge in [0.1, 0.15) is 11.9 Å². The van der Waals surface area contributed by atoms with Gasteiger partial charge in [0.25, 0.3) is 0 Å². The third-order valence-electron chi connectivity index (χ3n) is 13.2. The van der Waals surface area contributed by atoms with E-state index in [-0.39, 0.29) is 40.8 Å². The van der Waals surface area contributed by atoms with E-state index in [9.17, 15) is 9.59 Å². The van der Waals surface area contributed by atoms with Gasteiger partial charge in [-0.25, -0.2) is 0 Å². The average Bonchev–Trinajstić information content (AvgIpc) is 2.76. The van der Waals surface area contributed by atoms with Crippen LogP contribution in [-0.4, -0.2) is 23.4 Å². The molecule has 0 aromatic rings. The van der Waals surface area contributed by atoms with Crippen molar-refractivity contribution in [2.24, 2.45) is 57.0 Å². The van der Waals surface area contributed by atoms with E-state index in [1.54, 1.807) is 5.57 Å². The van der Waals surface area contributed by atoms with Gasteiger partial charge >= 0.3 is 5.97 Å². The zero-order valence-corrected chi connectivity index (χ0v) is 23.5. The van der Waals surface area contributed by atoms with Gasteiger partial charge in [-0.2, -0.15) is 0 Å². The van der Waals surface area contributed by atoms with Crippen molar-refractivity contribution in [3.8, 4) is 0 Å². The summed E-state index contributed by atoms with van der Waals surface area (Å²) in [5, 5.41) is 0. The van der Waals surface area contributed by atoms with Crippen molar-refractivity contribution >= 4 is 11.8 Å². The molecule has 5 rings (SSSR count). The van der Waals surface area contributed by atoms with Crippen LogP contribution in [0.3, 0.4) is 0 Å². The molecule has 2 unspecified atom stereocenters. The summed E-state index contributed by atoms with van der Waals surface area (Å²) in [5.41, 5.74) is 8.15. The zero-order valence-electron chi connectivity index (χ0n) is 23.5. The summed E-state index contributed by atoms with van der Waals surface area (Å²) in [7, 11) is 0. The highest BCUT2D eigenvalue weighted by Gasteiger charge is 2.70. The number of ketones is 1. The first-order valence-corrected chi connectivity index (χ1v) is 14.3. The second-order valence-corrected chi connectivity index (χ2v) is 14.7. The Kier molecular flexibility index (Phi) is 5.59. The molecule has 4 nitrogen and oxygen atoms in total. The SMILES string of the molecule is CC(=O)O[C@@H]1CC(=O)[C@@]2(C)C(CC[C@]3(C)[C@@H]2CC=C2[C@@H]4[C@@H](C)[C@H](C)CC[C@]4(C)CC[C@]23C)C1(C)N. The smallest absolute Gasteiger partial charge is 0.302 e. The van der Waals surface area contributed by atoms with Gasteiger partial charge in [0.05, 0.1) is 5.54 Å². The molecule has 4 heteroatoms. The summed E-state index contributed by atoms with van der Waals surface area (Å²) in [6.45, 7) is 18.3. The first-order valence-electron chi connectivity index (χ1n) is 14.3. The van der Waals surface area contributed by atoms with E-state index in [0.717, 1.165) is 25.2 Å². The third-order valence-corrected chi connectivity index (χ3v) is 13.2. The van der Waals surface area contributed by atoms with E-state index in [1.165, 1.54) is 32.6 Å². The standard InChI is InChI=1S/C31H49NO3/c1-18-11-13-27(4)15-16-28(5)21(26(27)19(18)2)9-10-22-29(28,6)14-12-23-30(22,7)24(34)17-25(31(23,8)32)35-20(3)33/h9,18-19,22-23,25-26H,10-17,32H2,1-8H3/t18-,19+,22+,23?,25-,26+,27-,28-,29-,30-,31?/m1/s1. The lowest BCUT2D eigenvalue weighted by Crippen LogP contribution is -2.72. The summed E-state index contributed by atoms with van der Waals surface area (Å²) < 4.78 is 5.63. The number of hydrogen-bond donors (Lipinski definition) is 1. The fourth-order valence-corrected chi connectivity index (χ4v) is 10.6. The second-order valence-electron chi connectivity index (χ2n) is 14.7. The van der Waals surface area contributed by atoms with Crippen molar-refractivity contribution in [3.63, 3.8) is 0 Å². The molecule has 0 aliphatic heterocycles. The number of esters is 1. The van der Waals surface area contributed by atoms with Gasteiger partial charge < -0.3 is 10.5 Å². The molecule has 0 aromatic heterocycles. The first kappa shape index (κ1) is 25.5. The maximum absolute atomic E-state index is 14.0. The molecule has 0 amide bonds. The Hall–Kier alpha value is -1.16. The number of carbonyl (C=O) groups is 2. The Morgan fingerprint density at radius 2 is 1.69 bits per heavy atom. The number of carbonyl (C=O) groups excluding carboxylic acids is 2. The number of ether oxygens (including phenoxy) is 1. The van der Waals surface area contributed by atoms with E-state index in [0.29, 0.717) is 17.3 Å². The quantitative estimate of drug-likeness (QED) is 0.343. The Morgan fingerprint density at radius 3 is 2.34 bits per heavy atom. The largest absolute Gasteiger partial charge is 0.460 e. The van der Waals surface area contributed by atoms with E-state index in [2.05, 4.69) is 47.6 Å². The normalized spacial score (nSPS) is 55.6. The van der Waals surface area contributed by atoms with Crippen LogP contribution in [0.5, 0.6) is 0 Å². The third kappa shape index (κ3) is 3.13. The molecule has 0 spiro atoms. The van der Waals surface area contributed by atoms with Crippen LogP contribution in [0.4, 0.5) is 0 Å². The number of fused-ring (bicyclic) bond motifs is 7. The Morgan fingerprint density at radius 1 is 1.00 bits per heavy atom. The second kappa shape index (κ2) is 7.68. The maximum atomic E-state index is 14.0. The van der Waals surface area contributed by atoms with Crippen LogP contribution in [0.1, 0.15) is 107 Å². The van der Waals surface area contributed by atoms with Crippen LogP contribution in [0.15, 0.2) is 11.6 Å². The first-order chi connectivity index (χ1) is 16.1. The van der Waals surface area contributed by atoms with E-state index < -0.39 is 17.1 Å². The molecule has 2 N–H and O–H groups in total. The van der Waals surface area contributed by atoms with Crippen molar-refractivity contribution in [1.29, 1.82) is 0 Å². The Bertz CT molecular complexity index is 968. The number of allylic oxidation sites excluding steroid dienone is 2. The number of nitrogens with two attached hydrogens (primary N) is 1. The maximum Gasteiger partial charge on any atom is 0.302 e. The minimum atomic E-state index is -0.695. The molecular formula is C31H49NO3. The van der Waals surface area contributed by atoms with E-state index >= 15 is 0 Å². The van der Waals surface area contributed by atoms with Gasteiger partial charge in [0.15, 0.2) is 0 Å². The zero-order chi connectivity index (χ0) is 25.8. The lowest BCUT2D eigenvalue weighted by atomic mass is 9.34. The molecule has 5 aliphatic rings. The topological polar surface area (TPSA) is 69.4 Å². The Labute approximate surface area is 213 Å². The fourth-order valence-electron chi connectivity index (χ4n) is 10.6. The highest BCUT2D eigenvalue weighted by Crippen LogP contribution is 2.74. The number of rotatable bonds is 1. The van der Waals surface area contributed by atoms with Gasteiger partial charge in [-0.15, -0.1) is 0 Å². The lowest BCUT2D eigenvalue weighted by Gasteiger charge is -2.70. The molecule has 4 saturated carbocycles. The average molecular weight is 484 g/mol. The molecule has 4 fully saturated rings. The highest BCUT2D eigenvalue weighted by atomic mass is 16.5. The molecule has 0 radical (unpaired) electrons. The van der Waals surface area contributed by atoms with Gasteiger partial charge in [-0.1, -0.05) is 53.2 Å². The molecule has 0 heterocycles. The summed E-state index contributed by atoms with van der Waals surface area (Å²) in [5.74, 6) is 2.35. The van der Waals surface area contributed by atoms with Gasteiger partial charge in [0, 0.05) is 18.8 Å². The van der Waals surface area contributed by atoms with Crippen LogP contribution in [0.2, 0.25) is 0 Å². The molecule has 0 bridgehead atoms. The minimum Gasteiger partial charge on any atom is -0.460 e. The Balaban J connectivity index is 1.58. The van der Waals surface area contributed by atoms with E-state index in [1.807, 2.05) is 6.92 Å². The van der Waals surface area contributed by atoms with Crippen molar-refractivity contribution in [2.45, 2.75) is 118 Å². The monoisotopic (exact) mass is 483 g/mol. The molecule has 196 valence electrons. The molecular weight excluding hydrogens is 434 g/mol. The summed E-state index contributed by atoms with van der Waals surface area (Å²) >= 11 is 0. The van der Waals surface area contributed by atoms with Crippen LogP contribution in [0.25, 0.3) is 0 Å². The van der Waals surface area contributed by atoms with Gasteiger partial charge in [-0.3, -0.25) is 9.59 Å². The summed E-state index contributed by atoms with van der Waals surface area (Å²) in [4.78, 5) is 25.8. The molecule has 11 atom stereocenters. The summed E-state index contributed by atoms with van der Waals surface area (Å²) in [6, 6.07) is 0. The predicted octanol–water partition coefficient (Wildman–Crippen LogP) is 6.47. The van der Waals surface area contributed by atoms with Gasteiger partial charge in [-0.05, 0) is 97.7 Å². The van der Waals surface area contributed by atoms with Crippen LogP contribution in [-0.2, 0) is 14.3 Å². The number of hydrogen-bond acceptors (Lipinski definition) is 4. The minimum absolute atomic E-state index is 0.0275. The van der Waals surface area contributed by atoms with Crippen molar-refractivity contribution in [2.75, 3.05) is 0 Å². The fraction of sp³-hybridized carbons (Fsp3) is 0.871. The van der Waals surface area contributed by atoms with Crippen molar-refractivity contribution < 1.29 is 14.3 Å². The van der Waals surface area contributed by atoms with Crippen LogP contribution >= 0.6 is 0 Å². The van der Waals surface area contributed by atoms with Crippen molar-refractivity contribution in [3.05, 3.63) is 11.6 Å². The highest BCUT2D eigenvalue weighted by molar-refractivity contribution is 5.88. The molecule has 35 heavy (non-hydrogen) atoms. The predicted molar refractivity (Wildman–Crippen MR) is 139 cm³/mol. The molecule has 0 saturated heterocycles. The van der Waals surface area contributed by atoms with E-state index in [4.69, 9.17) is 10.5 Å². The summed E-state index contributed by atoms with van der Waals surface area (Å²) in [6.07, 6.45) is 10.5. The van der Waals surface area contributed by atoms with Crippen molar-refractivity contribution in [1.82, 2.24) is 0 Å². The lowest BCUT2D eigenvalue weighted by molar-refractivity contribution is -0.196. The molecule has 5 aliphatic carbocycles. The van der Waals surface area contributed by atoms with Crippen LogP contribution < -0.4 is 5.73 Å².